The molecule has 1 N–H and O–H groups in total. The van der Waals surface area contributed by atoms with Crippen LogP contribution in [0, 0.1) is 5.82 Å². The van der Waals surface area contributed by atoms with Crippen LogP contribution in [0.1, 0.15) is 62.5 Å². The van der Waals surface area contributed by atoms with Gasteiger partial charge in [-0.2, -0.15) is 0 Å². The number of benzene rings is 2. The molecule has 2 aromatic carbocycles. The number of aromatic nitrogens is 2. The SMILES string of the molecule is CCOC(=O)c1cccc(C(=O)Nc2ccc(C3CCN(C(=O)c4cnc5c(Cl)cccn45)CC3)cc2)c1F. The maximum Gasteiger partial charge on any atom is 0.341 e. The van der Waals surface area contributed by atoms with Crippen molar-refractivity contribution in [2.45, 2.75) is 25.7 Å². The van der Waals surface area contributed by atoms with E-state index in [9.17, 15) is 18.8 Å². The summed E-state index contributed by atoms with van der Waals surface area (Å²) in [5.74, 6) is -2.22. The van der Waals surface area contributed by atoms with Gasteiger partial charge < -0.3 is 15.0 Å². The number of likely N-dealkylation sites (tertiary alicyclic amines) is 1. The second-order valence-corrected chi connectivity index (χ2v) is 9.63. The highest BCUT2D eigenvalue weighted by atomic mass is 35.5. The molecule has 8 nitrogen and oxygen atoms in total. The Morgan fingerprint density at radius 2 is 1.77 bits per heavy atom. The molecule has 0 atom stereocenters. The second-order valence-electron chi connectivity index (χ2n) is 9.22. The van der Waals surface area contributed by atoms with Crippen LogP contribution in [0.25, 0.3) is 5.65 Å². The number of anilines is 1. The van der Waals surface area contributed by atoms with E-state index in [2.05, 4.69) is 10.3 Å². The fourth-order valence-corrected chi connectivity index (χ4v) is 5.04. The lowest BCUT2D eigenvalue weighted by Crippen LogP contribution is -2.38. The van der Waals surface area contributed by atoms with E-state index in [0.29, 0.717) is 35.1 Å². The standard InChI is InChI=1S/C29H26ClFN4O4/c1-2-39-29(38)22-6-3-5-21(25(22)31)27(36)33-20-10-8-18(9-11-20)19-12-15-34(16-13-19)28(37)24-17-32-26-23(30)7-4-14-35(24)26/h3-11,14,17,19H,2,12-13,15-16H2,1H3,(H,33,36). The Labute approximate surface area is 229 Å². The Morgan fingerprint density at radius 1 is 1.05 bits per heavy atom. The summed E-state index contributed by atoms with van der Waals surface area (Å²) in [6, 6.07) is 14.9. The highest BCUT2D eigenvalue weighted by Crippen LogP contribution is 2.30. The van der Waals surface area contributed by atoms with E-state index in [1.807, 2.05) is 17.0 Å². The zero-order valence-corrected chi connectivity index (χ0v) is 22.0. The minimum absolute atomic E-state index is 0.0828. The summed E-state index contributed by atoms with van der Waals surface area (Å²) >= 11 is 6.19. The summed E-state index contributed by atoms with van der Waals surface area (Å²) in [4.78, 5) is 43.9. The van der Waals surface area contributed by atoms with Gasteiger partial charge in [-0.3, -0.25) is 14.0 Å². The first-order valence-electron chi connectivity index (χ1n) is 12.6. The lowest BCUT2D eigenvalue weighted by Gasteiger charge is -2.32. The van der Waals surface area contributed by atoms with E-state index in [1.165, 1.54) is 18.2 Å². The third-order valence-corrected chi connectivity index (χ3v) is 7.16. The van der Waals surface area contributed by atoms with Crippen molar-refractivity contribution in [3.05, 3.63) is 100 Å². The number of piperidine rings is 1. The minimum Gasteiger partial charge on any atom is -0.462 e. The topological polar surface area (TPSA) is 93.0 Å². The van der Waals surface area contributed by atoms with Crippen LogP contribution in [0.5, 0.6) is 0 Å². The number of hydrogen-bond donors (Lipinski definition) is 1. The molecule has 1 fully saturated rings. The van der Waals surface area contributed by atoms with E-state index in [1.54, 1.807) is 48.0 Å². The molecule has 0 bridgehead atoms. The summed E-state index contributed by atoms with van der Waals surface area (Å²) < 4.78 is 21.3. The number of hydrogen-bond acceptors (Lipinski definition) is 5. The van der Waals surface area contributed by atoms with Crippen LogP contribution in [0.3, 0.4) is 0 Å². The van der Waals surface area contributed by atoms with Crippen molar-refractivity contribution < 1.29 is 23.5 Å². The van der Waals surface area contributed by atoms with E-state index in [0.717, 1.165) is 18.4 Å². The van der Waals surface area contributed by atoms with Gasteiger partial charge in [0.05, 0.1) is 29.0 Å². The van der Waals surface area contributed by atoms with Gasteiger partial charge in [0.25, 0.3) is 11.8 Å². The average Bonchev–Trinajstić information content (AvgIpc) is 3.39. The summed E-state index contributed by atoms with van der Waals surface area (Å²) in [7, 11) is 0. The molecule has 1 saturated heterocycles. The summed E-state index contributed by atoms with van der Waals surface area (Å²) in [5.41, 5.74) is 2.11. The van der Waals surface area contributed by atoms with Gasteiger partial charge in [0.1, 0.15) is 11.5 Å². The zero-order chi connectivity index (χ0) is 27.5. The molecule has 0 unspecified atom stereocenters. The van der Waals surface area contributed by atoms with E-state index >= 15 is 0 Å². The van der Waals surface area contributed by atoms with Gasteiger partial charge in [-0.25, -0.2) is 14.2 Å². The molecular formula is C29H26ClFN4O4. The van der Waals surface area contributed by atoms with Crippen molar-refractivity contribution in [2.24, 2.45) is 0 Å². The zero-order valence-electron chi connectivity index (χ0n) is 21.2. The number of carbonyl (C=O) groups excluding carboxylic acids is 3. The number of rotatable bonds is 6. The molecular weight excluding hydrogens is 523 g/mol. The largest absolute Gasteiger partial charge is 0.462 e. The van der Waals surface area contributed by atoms with Gasteiger partial charge >= 0.3 is 5.97 Å². The van der Waals surface area contributed by atoms with Gasteiger partial charge in [-0.15, -0.1) is 0 Å². The van der Waals surface area contributed by atoms with Crippen molar-refractivity contribution in [1.29, 1.82) is 0 Å². The van der Waals surface area contributed by atoms with E-state index < -0.39 is 17.7 Å². The quantitative estimate of drug-likeness (QED) is 0.318. The third-order valence-electron chi connectivity index (χ3n) is 6.87. The Bertz CT molecular complexity index is 1540. The predicted octanol–water partition coefficient (Wildman–Crippen LogP) is 5.58. The highest BCUT2D eigenvalue weighted by Gasteiger charge is 2.27. The molecule has 0 saturated carbocycles. The second kappa shape index (κ2) is 11.2. The molecule has 0 aliphatic carbocycles. The van der Waals surface area contributed by atoms with Gasteiger partial charge in [-0.05, 0) is 67.6 Å². The Morgan fingerprint density at radius 3 is 2.49 bits per heavy atom. The number of carbonyl (C=O) groups is 3. The number of fused-ring (bicyclic) bond motifs is 1. The lowest BCUT2D eigenvalue weighted by molar-refractivity contribution is 0.0520. The molecule has 3 heterocycles. The number of nitrogens with one attached hydrogen (secondary N) is 1. The summed E-state index contributed by atoms with van der Waals surface area (Å²) in [6.45, 7) is 2.93. The highest BCUT2D eigenvalue weighted by molar-refractivity contribution is 6.33. The van der Waals surface area contributed by atoms with Crippen molar-refractivity contribution in [2.75, 3.05) is 25.0 Å². The molecule has 10 heteroatoms. The molecule has 1 aliphatic rings. The summed E-state index contributed by atoms with van der Waals surface area (Å²) in [5, 5.41) is 3.17. The Kier molecular flexibility index (Phi) is 7.60. The molecule has 4 aromatic rings. The van der Waals surface area contributed by atoms with Crippen LogP contribution in [0.4, 0.5) is 10.1 Å². The van der Waals surface area contributed by atoms with Crippen LogP contribution in [-0.2, 0) is 4.74 Å². The first-order valence-corrected chi connectivity index (χ1v) is 13.0. The number of nitrogens with zero attached hydrogens (tertiary/aromatic N) is 3. The molecule has 2 aromatic heterocycles. The molecule has 2 amide bonds. The van der Waals surface area contributed by atoms with Gasteiger partial charge in [0.2, 0.25) is 0 Å². The Balaban J connectivity index is 1.20. The number of halogens is 2. The molecule has 5 rings (SSSR count). The van der Waals surface area contributed by atoms with Crippen LogP contribution in [0.15, 0.2) is 67.0 Å². The Hall–Kier alpha value is -4.24. The van der Waals surface area contributed by atoms with Crippen LogP contribution in [0.2, 0.25) is 5.02 Å². The fourth-order valence-electron chi connectivity index (χ4n) is 4.82. The minimum atomic E-state index is -0.918. The van der Waals surface area contributed by atoms with Crippen molar-refractivity contribution >= 4 is 40.7 Å². The number of esters is 1. The number of ether oxygens (including phenoxy) is 1. The van der Waals surface area contributed by atoms with E-state index in [4.69, 9.17) is 16.3 Å². The first kappa shape index (κ1) is 26.4. The first-order chi connectivity index (χ1) is 18.9. The fraction of sp³-hybridized carbons (Fsp3) is 0.241. The normalized spacial score (nSPS) is 13.9. The maximum absolute atomic E-state index is 14.8. The third kappa shape index (κ3) is 5.35. The summed E-state index contributed by atoms with van der Waals surface area (Å²) in [6.07, 6.45) is 4.92. The predicted molar refractivity (Wildman–Crippen MR) is 145 cm³/mol. The molecule has 39 heavy (non-hydrogen) atoms. The van der Waals surface area contributed by atoms with E-state index in [-0.39, 0.29) is 29.6 Å². The smallest absolute Gasteiger partial charge is 0.341 e. The number of amides is 2. The molecule has 200 valence electrons. The lowest BCUT2D eigenvalue weighted by atomic mass is 9.89. The molecule has 0 spiro atoms. The number of pyridine rings is 1. The van der Waals surface area contributed by atoms with Gasteiger partial charge in [0, 0.05) is 25.0 Å². The van der Waals surface area contributed by atoms with Crippen molar-refractivity contribution in [3.8, 4) is 0 Å². The van der Waals surface area contributed by atoms with Crippen LogP contribution >= 0.6 is 11.6 Å². The monoisotopic (exact) mass is 548 g/mol. The number of imidazole rings is 1. The maximum atomic E-state index is 14.8. The van der Waals surface area contributed by atoms with Crippen molar-refractivity contribution in [1.82, 2.24) is 14.3 Å². The molecule has 0 radical (unpaired) electrons. The van der Waals surface area contributed by atoms with Crippen LogP contribution in [-0.4, -0.2) is 51.8 Å². The van der Waals surface area contributed by atoms with Crippen LogP contribution < -0.4 is 5.32 Å². The average molecular weight is 549 g/mol. The van der Waals surface area contributed by atoms with Gasteiger partial charge in [-0.1, -0.05) is 29.8 Å². The van der Waals surface area contributed by atoms with Gasteiger partial charge in [0.15, 0.2) is 5.65 Å². The van der Waals surface area contributed by atoms with Crippen molar-refractivity contribution in [3.63, 3.8) is 0 Å². The molecule has 1 aliphatic heterocycles.